The standard InChI is InChI=1S/C12H18N2O2S2/c1-4-11-6-7-12(17-11)18(15,16)14(10(2)3)9-5-8-13/h6-7,10H,4-5,9H2,1-3H3. The van der Waals surface area contributed by atoms with Gasteiger partial charge in [-0.2, -0.15) is 9.57 Å². The van der Waals surface area contributed by atoms with E-state index in [0.29, 0.717) is 4.21 Å². The molecule has 100 valence electrons. The fourth-order valence-corrected chi connectivity index (χ4v) is 4.68. The molecule has 1 aromatic rings. The summed E-state index contributed by atoms with van der Waals surface area (Å²) in [6.07, 6.45) is 1.05. The normalized spacial score (nSPS) is 12.0. The molecular formula is C12H18N2O2S2. The van der Waals surface area contributed by atoms with Gasteiger partial charge in [-0.3, -0.25) is 0 Å². The summed E-state index contributed by atoms with van der Waals surface area (Å²) in [4.78, 5) is 1.05. The van der Waals surface area contributed by atoms with E-state index in [2.05, 4.69) is 0 Å². The van der Waals surface area contributed by atoms with Crippen molar-refractivity contribution in [3.63, 3.8) is 0 Å². The lowest BCUT2D eigenvalue weighted by Gasteiger charge is -2.24. The molecule has 0 N–H and O–H groups in total. The molecule has 0 aliphatic carbocycles. The highest BCUT2D eigenvalue weighted by atomic mass is 32.2. The molecule has 0 fully saturated rings. The van der Waals surface area contributed by atoms with Gasteiger partial charge in [0.1, 0.15) is 4.21 Å². The van der Waals surface area contributed by atoms with E-state index in [1.807, 2.05) is 32.9 Å². The van der Waals surface area contributed by atoms with Gasteiger partial charge in [0.25, 0.3) is 10.0 Å². The van der Waals surface area contributed by atoms with Crippen LogP contribution in [0.2, 0.25) is 0 Å². The van der Waals surface area contributed by atoms with Gasteiger partial charge in [-0.1, -0.05) is 6.92 Å². The van der Waals surface area contributed by atoms with Crippen molar-refractivity contribution in [2.75, 3.05) is 6.54 Å². The van der Waals surface area contributed by atoms with Crippen molar-refractivity contribution in [2.24, 2.45) is 0 Å². The second kappa shape index (κ2) is 6.32. The van der Waals surface area contributed by atoms with Crippen LogP contribution in [0.5, 0.6) is 0 Å². The SMILES string of the molecule is CCc1ccc(S(=O)(=O)N(CCC#N)C(C)C)s1. The van der Waals surface area contributed by atoms with Crippen LogP contribution in [0.3, 0.4) is 0 Å². The Morgan fingerprint density at radius 1 is 1.44 bits per heavy atom. The number of thiophene rings is 1. The van der Waals surface area contributed by atoms with Crippen molar-refractivity contribution in [1.29, 1.82) is 5.26 Å². The molecule has 0 amide bonds. The van der Waals surface area contributed by atoms with Gasteiger partial charge in [0.15, 0.2) is 0 Å². The van der Waals surface area contributed by atoms with E-state index in [1.165, 1.54) is 15.6 Å². The van der Waals surface area contributed by atoms with E-state index < -0.39 is 10.0 Å². The molecule has 0 saturated heterocycles. The van der Waals surface area contributed by atoms with E-state index in [9.17, 15) is 8.42 Å². The Bertz CT molecular complexity index is 527. The van der Waals surface area contributed by atoms with Crippen LogP contribution in [0.1, 0.15) is 32.1 Å². The quantitative estimate of drug-likeness (QED) is 0.807. The number of rotatable bonds is 6. The molecule has 4 nitrogen and oxygen atoms in total. The Labute approximate surface area is 113 Å². The number of hydrogen-bond acceptors (Lipinski definition) is 4. The van der Waals surface area contributed by atoms with Crippen LogP contribution in [0.4, 0.5) is 0 Å². The molecule has 0 atom stereocenters. The summed E-state index contributed by atoms with van der Waals surface area (Å²) in [6.45, 7) is 5.89. The third-order valence-electron chi connectivity index (χ3n) is 2.57. The van der Waals surface area contributed by atoms with Gasteiger partial charge < -0.3 is 0 Å². The first kappa shape index (κ1) is 15.2. The van der Waals surface area contributed by atoms with E-state index in [4.69, 9.17) is 5.26 Å². The van der Waals surface area contributed by atoms with E-state index >= 15 is 0 Å². The van der Waals surface area contributed by atoms with Crippen molar-refractivity contribution in [3.8, 4) is 6.07 Å². The second-order valence-corrected chi connectivity index (χ2v) is 7.48. The zero-order valence-electron chi connectivity index (χ0n) is 10.9. The molecule has 1 heterocycles. The summed E-state index contributed by atoms with van der Waals surface area (Å²) in [5.74, 6) is 0. The first-order valence-corrected chi connectivity index (χ1v) is 8.16. The minimum atomic E-state index is -3.46. The first-order chi connectivity index (χ1) is 8.43. The number of hydrogen-bond donors (Lipinski definition) is 0. The Morgan fingerprint density at radius 2 is 2.11 bits per heavy atom. The van der Waals surface area contributed by atoms with Crippen LogP contribution >= 0.6 is 11.3 Å². The minimum absolute atomic E-state index is 0.143. The summed E-state index contributed by atoms with van der Waals surface area (Å²) in [5.41, 5.74) is 0. The van der Waals surface area contributed by atoms with Gasteiger partial charge >= 0.3 is 0 Å². The van der Waals surface area contributed by atoms with Crippen LogP contribution in [0.25, 0.3) is 0 Å². The van der Waals surface area contributed by atoms with Crippen molar-refractivity contribution >= 4 is 21.4 Å². The molecule has 0 bridgehead atoms. The summed E-state index contributed by atoms with van der Waals surface area (Å²) < 4.78 is 26.6. The summed E-state index contributed by atoms with van der Waals surface area (Å²) in [5, 5.41) is 8.61. The maximum Gasteiger partial charge on any atom is 0.252 e. The third-order valence-corrected chi connectivity index (χ3v) is 6.34. The number of aryl methyl sites for hydroxylation is 1. The predicted octanol–water partition coefficient (Wildman–Crippen LogP) is 2.62. The predicted molar refractivity (Wildman–Crippen MR) is 73.0 cm³/mol. The molecule has 0 aliphatic rings. The first-order valence-electron chi connectivity index (χ1n) is 5.91. The summed E-state index contributed by atoms with van der Waals surface area (Å²) in [7, 11) is -3.46. The lowest BCUT2D eigenvalue weighted by Crippen LogP contribution is -2.37. The number of nitriles is 1. The Balaban J connectivity index is 3.05. The third kappa shape index (κ3) is 3.31. The lowest BCUT2D eigenvalue weighted by molar-refractivity contribution is 0.361. The molecule has 1 aromatic heterocycles. The van der Waals surface area contributed by atoms with Crippen LogP contribution in [0, 0.1) is 11.3 Å². The van der Waals surface area contributed by atoms with Gasteiger partial charge in [-0.05, 0) is 32.4 Å². The van der Waals surface area contributed by atoms with E-state index in [-0.39, 0.29) is 19.0 Å². The molecule has 0 spiro atoms. The average molecular weight is 286 g/mol. The molecule has 0 aromatic carbocycles. The van der Waals surface area contributed by atoms with Gasteiger partial charge in [0.05, 0.1) is 6.07 Å². The van der Waals surface area contributed by atoms with Crippen molar-refractivity contribution in [3.05, 3.63) is 17.0 Å². The monoisotopic (exact) mass is 286 g/mol. The van der Waals surface area contributed by atoms with E-state index in [0.717, 1.165) is 11.3 Å². The maximum atomic E-state index is 12.4. The zero-order chi connectivity index (χ0) is 13.8. The van der Waals surface area contributed by atoms with Crippen LogP contribution in [0.15, 0.2) is 16.3 Å². The molecule has 1 rings (SSSR count). The Kier molecular flexibility index (Phi) is 5.32. The molecule has 6 heteroatoms. The average Bonchev–Trinajstić information content (AvgIpc) is 2.77. The number of sulfonamides is 1. The fourth-order valence-electron chi connectivity index (χ4n) is 1.62. The molecule has 0 radical (unpaired) electrons. The molecule has 0 saturated carbocycles. The lowest BCUT2D eigenvalue weighted by atomic mass is 10.3. The van der Waals surface area contributed by atoms with Gasteiger partial charge in [-0.25, -0.2) is 8.42 Å². The highest BCUT2D eigenvalue weighted by Crippen LogP contribution is 2.26. The minimum Gasteiger partial charge on any atom is -0.206 e. The zero-order valence-corrected chi connectivity index (χ0v) is 12.5. The Hall–Kier alpha value is -0.900. The van der Waals surface area contributed by atoms with Crippen LogP contribution in [-0.2, 0) is 16.4 Å². The second-order valence-electron chi connectivity index (χ2n) is 4.19. The largest absolute Gasteiger partial charge is 0.252 e. The topological polar surface area (TPSA) is 61.2 Å². The Morgan fingerprint density at radius 3 is 2.56 bits per heavy atom. The van der Waals surface area contributed by atoms with Crippen molar-refractivity contribution in [2.45, 2.75) is 43.9 Å². The fraction of sp³-hybridized carbons (Fsp3) is 0.583. The van der Waals surface area contributed by atoms with Gasteiger partial charge in [0, 0.05) is 23.9 Å². The highest BCUT2D eigenvalue weighted by molar-refractivity contribution is 7.91. The van der Waals surface area contributed by atoms with Crippen molar-refractivity contribution < 1.29 is 8.42 Å². The van der Waals surface area contributed by atoms with Crippen molar-refractivity contribution in [1.82, 2.24) is 4.31 Å². The van der Waals surface area contributed by atoms with Gasteiger partial charge in [0.2, 0.25) is 0 Å². The smallest absolute Gasteiger partial charge is 0.206 e. The maximum absolute atomic E-state index is 12.4. The van der Waals surface area contributed by atoms with Gasteiger partial charge in [-0.15, -0.1) is 11.3 Å². The molecule has 0 unspecified atom stereocenters. The number of nitrogens with zero attached hydrogens (tertiary/aromatic N) is 2. The molecule has 18 heavy (non-hydrogen) atoms. The summed E-state index contributed by atoms with van der Waals surface area (Å²) >= 11 is 1.31. The van der Waals surface area contributed by atoms with Crippen LogP contribution < -0.4 is 0 Å². The van der Waals surface area contributed by atoms with E-state index in [1.54, 1.807) is 6.07 Å². The molecular weight excluding hydrogens is 268 g/mol. The summed E-state index contributed by atoms with van der Waals surface area (Å²) in [6, 6.07) is 5.35. The van der Waals surface area contributed by atoms with Crippen LogP contribution in [-0.4, -0.2) is 25.3 Å². The molecule has 0 aliphatic heterocycles. The highest BCUT2D eigenvalue weighted by Gasteiger charge is 2.27.